The van der Waals surface area contributed by atoms with Crippen LogP contribution in [0.2, 0.25) is 0 Å². The molecule has 1 saturated heterocycles. The molecule has 3 N–H and O–H groups in total. The van der Waals surface area contributed by atoms with Gasteiger partial charge in [0.2, 0.25) is 0 Å². The van der Waals surface area contributed by atoms with Gasteiger partial charge in [-0.1, -0.05) is 0 Å². The first kappa shape index (κ1) is 15.2. The molecule has 1 fully saturated rings. The SMILES string of the molecule is COC1(CNC(=O)Nc2cccnc2C(=O)O)CCOC1. The number of pyridine rings is 1. The van der Waals surface area contributed by atoms with Crippen LogP contribution in [0.15, 0.2) is 18.3 Å². The van der Waals surface area contributed by atoms with Gasteiger partial charge in [0.05, 0.1) is 18.8 Å². The molecule has 0 spiro atoms. The van der Waals surface area contributed by atoms with Crippen molar-refractivity contribution in [2.24, 2.45) is 0 Å². The normalized spacial score (nSPS) is 21.0. The number of hydrogen-bond donors (Lipinski definition) is 3. The molecule has 0 aromatic carbocycles. The molecule has 8 nitrogen and oxygen atoms in total. The summed E-state index contributed by atoms with van der Waals surface area (Å²) in [4.78, 5) is 26.6. The van der Waals surface area contributed by atoms with Crippen LogP contribution in [-0.2, 0) is 9.47 Å². The van der Waals surface area contributed by atoms with Gasteiger partial charge < -0.3 is 25.2 Å². The average molecular weight is 295 g/mol. The van der Waals surface area contributed by atoms with Gasteiger partial charge in [-0.2, -0.15) is 0 Å². The Balaban J connectivity index is 1.95. The maximum atomic E-state index is 11.9. The van der Waals surface area contributed by atoms with Gasteiger partial charge in [-0.05, 0) is 12.1 Å². The lowest BCUT2D eigenvalue weighted by atomic mass is 10.0. The highest BCUT2D eigenvalue weighted by Gasteiger charge is 2.35. The van der Waals surface area contributed by atoms with E-state index in [-0.39, 0.29) is 17.9 Å². The number of hydrogen-bond acceptors (Lipinski definition) is 5. The fraction of sp³-hybridized carbons (Fsp3) is 0.462. The van der Waals surface area contributed by atoms with E-state index in [1.54, 1.807) is 13.2 Å². The summed E-state index contributed by atoms with van der Waals surface area (Å²) in [6, 6.07) is 2.50. The average Bonchev–Trinajstić information content (AvgIpc) is 2.95. The number of aromatic nitrogens is 1. The van der Waals surface area contributed by atoms with E-state index in [4.69, 9.17) is 14.6 Å². The second-order valence-electron chi connectivity index (χ2n) is 4.70. The van der Waals surface area contributed by atoms with Gasteiger partial charge in [0.1, 0.15) is 5.60 Å². The zero-order valence-electron chi connectivity index (χ0n) is 11.6. The van der Waals surface area contributed by atoms with Crippen LogP contribution < -0.4 is 10.6 Å². The van der Waals surface area contributed by atoms with Crippen LogP contribution in [0.5, 0.6) is 0 Å². The first-order valence-electron chi connectivity index (χ1n) is 6.42. The van der Waals surface area contributed by atoms with Crippen molar-refractivity contribution in [1.29, 1.82) is 0 Å². The summed E-state index contributed by atoms with van der Waals surface area (Å²) < 4.78 is 10.7. The topological polar surface area (TPSA) is 110 Å². The van der Waals surface area contributed by atoms with Crippen molar-refractivity contribution < 1.29 is 24.2 Å². The Morgan fingerprint density at radius 2 is 2.38 bits per heavy atom. The van der Waals surface area contributed by atoms with Gasteiger partial charge in [-0.3, -0.25) is 0 Å². The third kappa shape index (κ3) is 3.67. The second kappa shape index (κ2) is 6.51. The largest absolute Gasteiger partial charge is 0.476 e. The van der Waals surface area contributed by atoms with Gasteiger partial charge in [0.15, 0.2) is 5.69 Å². The highest BCUT2D eigenvalue weighted by atomic mass is 16.5. The minimum Gasteiger partial charge on any atom is -0.476 e. The number of nitrogens with one attached hydrogen (secondary N) is 2. The molecular formula is C13H17N3O5. The van der Waals surface area contributed by atoms with Gasteiger partial charge in [0.25, 0.3) is 0 Å². The Morgan fingerprint density at radius 3 is 3.00 bits per heavy atom. The highest BCUT2D eigenvalue weighted by Crippen LogP contribution is 2.21. The van der Waals surface area contributed by atoms with Crippen molar-refractivity contribution in [2.75, 3.05) is 32.2 Å². The molecule has 21 heavy (non-hydrogen) atoms. The summed E-state index contributed by atoms with van der Waals surface area (Å²) in [5.74, 6) is -1.21. The first-order chi connectivity index (χ1) is 10.1. The lowest BCUT2D eigenvalue weighted by molar-refractivity contribution is -0.0135. The summed E-state index contributed by atoms with van der Waals surface area (Å²) in [5, 5.41) is 14.1. The van der Waals surface area contributed by atoms with Crippen molar-refractivity contribution >= 4 is 17.7 Å². The molecule has 1 aromatic rings. The van der Waals surface area contributed by atoms with Crippen LogP contribution in [0.25, 0.3) is 0 Å². The molecular weight excluding hydrogens is 278 g/mol. The van der Waals surface area contributed by atoms with Crippen molar-refractivity contribution in [2.45, 2.75) is 12.0 Å². The number of rotatable bonds is 5. The van der Waals surface area contributed by atoms with Gasteiger partial charge in [-0.25, -0.2) is 14.6 Å². The number of carbonyl (C=O) groups excluding carboxylic acids is 1. The van der Waals surface area contributed by atoms with Crippen molar-refractivity contribution in [3.8, 4) is 0 Å². The van der Waals surface area contributed by atoms with Crippen molar-refractivity contribution in [1.82, 2.24) is 10.3 Å². The molecule has 2 heterocycles. The van der Waals surface area contributed by atoms with Gasteiger partial charge >= 0.3 is 12.0 Å². The van der Waals surface area contributed by atoms with Crippen LogP contribution in [0.1, 0.15) is 16.9 Å². The zero-order chi connectivity index (χ0) is 15.3. The number of amides is 2. The van der Waals surface area contributed by atoms with Crippen LogP contribution in [0.4, 0.5) is 10.5 Å². The van der Waals surface area contributed by atoms with Crippen LogP contribution in [0.3, 0.4) is 0 Å². The lowest BCUT2D eigenvalue weighted by Gasteiger charge is -2.25. The molecule has 1 aliphatic heterocycles. The Morgan fingerprint density at radius 1 is 1.57 bits per heavy atom. The molecule has 0 saturated carbocycles. The molecule has 1 aliphatic rings. The summed E-state index contributed by atoms with van der Waals surface area (Å²) in [6.07, 6.45) is 2.04. The van der Waals surface area contributed by atoms with Gasteiger partial charge in [0, 0.05) is 26.3 Å². The third-order valence-electron chi connectivity index (χ3n) is 3.33. The summed E-state index contributed by atoms with van der Waals surface area (Å²) in [5.41, 5.74) is -0.600. The number of anilines is 1. The van der Waals surface area contributed by atoms with E-state index < -0.39 is 17.6 Å². The Kier molecular flexibility index (Phi) is 4.71. The van der Waals surface area contributed by atoms with E-state index in [0.29, 0.717) is 19.6 Å². The fourth-order valence-electron chi connectivity index (χ4n) is 2.05. The Bertz CT molecular complexity index is 528. The van der Waals surface area contributed by atoms with E-state index in [2.05, 4.69) is 15.6 Å². The van der Waals surface area contributed by atoms with Gasteiger partial charge in [-0.15, -0.1) is 0 Å². The van der Waals surface area contributed by atoms with Crippen LogP contribution >= 0.6 is 0 Å². The molecule has 2 rings (SSSR count). The molecule has 0 bridgehead atoms. The summed E-state index contributed by atoms with van der Waals surface area (Å²) >= 11 is 0. The number of carbonyl (C=O) groups is 2. The lowest BCUT2D eigenvalue weighted by Crippen LogP contribution is -2.46. The zero-order valence-corrected chi connectivity index (χ0v) is 11.6. The predicted molar refractivity (Wildman–Crippen MR) is 73.4 cm³/mol. The minimum absolute atomic E-state index is 0.136. The molecule has 8 heteroatoms. The molecule has 0 aliphatic carbocycles. The second-order valence-corrected chi connectivity index (χ2v) is 4.70. The number of aromatic carboxylic acids is 1. The Hall–Kier alpha value is -2.19. The number of urea groups is 1. The molecule has 114 valence electrons. The van der Waals surface area contributed by atoms with Crippen molar-refractivity contribution in [3.05, 3.63) is 24.0 Å². The number of methoxy groups -OCH3 is 1. The highest BCUT2D eigenvalue weighted by molar-refractivity contribution is 5.98. The fourth-order valence-corrected chi connectivity index (χ4v) is 2.05. The number of carboxylic acids is 1. The smallest absolute Gasteiger partial charge is 0.356 e. The summed E-state index contributed by atoms with van der Waals surface area (Å²) in [7, 11) is 1.57. The molecule has 1 atom stereocenters. The monoisotopic (exact) mass is 295 g/mol. The number of ether oxygens (including phenoxy) is 2. The molecule has 0 radical (unpaired) electrons. The molecule has 1 unspecified atom stereocenters. The standard InChI is InChI=1S/C13H17N3O5/c1-20-13(4-6-21-8-13)7-15-12(19)16-9-3-2-5-14-10(9)11(17)18/h2-3,5H,4,6-8H2,1H3,(H,17,18)(H2,15,16,19). The van der Waals surface area contributed by atoms with Crippen LogP contribution in [0, 0.1) is 0 Å². The number of nitrogens with zero attached hydrogens (tertiary/aromatic N) is 1. The molecule has 2 amide bonds. The van der Waals surface area contributed by atoms with Crippen molar-refractivity contribution in [3.63, 3.8) is 0 Å². The summed E-state index contributed by atoms with van der Waals surface area (Å²) in [6.45, 7) is 1.28. The van der Waals surface area contributed by atoms with Crippen LogP contribution in [-0.4, -0.2) is 54.6 Å². The van der Waals surface area contributed by atoms with E-state index in [0.717, 1.165) is 0 Å². The van der Waals surface area contributed by atoms with E-state index in [1.165, 1.54) is 12.3 Å². The predicted octanol–water partition coefficient (Wildman–Crippen LogP) is 0.707. The van der Waals surface area contributed by atoms with E-state index >= 15 is 0 Å². The maximum absolute atomic E-state index is 11.9. The number of carboxylic acid groups (broad SMARTS) is 1. The van der Waals surface area contributed by atoms with E-state index in [9.17, 15) is 9.59 Å². The third-order valence-corrected chi connectivity index (χ3v) is 3.33. The van der Waals surface area contributed by atoms with E-state index in [1.807, 2.05) is 0 Å². The minimum atomic E-state index is -1.21. The quantitative estimate of drug-likeness (QED) is 0.738. The first-order valence-corrected chi connectivity index (χ1v) is 6.42. The maximum Gasteiger partial charge on any atom is 0.356 e. The Labute approximate surface area is 121 Å². The molecule has 1 aromatic heterocycles.